The standard InChI is InChI=1S/2C5H11BO2/c2*1-5(2)3-7-6-8-4-5/h2*6H,3-4H2,1-2H3. The molecule has 0 aliphatic carbocycles. The first kappa shape index (κ1) is 14.0. The molecule has 0 aromatic heterocycles. The van der Waals surface area contributed by atoms with E-state index in [1.165, 1.54) is 0 Å². The normalized spacial score (nSPS) is 26.8. The van der Waals surface area contributed by atoms with Crippen LogP contribution in [0.4, 0.5) is 0 Å². The van der Waals surface area contributed by atoms with E-state index in [1.807, 2.05) is 0 Å². The zero-order valence-corrected chi connectivity index (χ0v) is 10.9. The van der Waals surface area contributed by atoms with Gasteiger partial charge >= 0.3 is 15.4 Å². The van der Waals surface area contributed by atoms with E-state index in [-0.39, 0.29) is 10.8 Å². The van der Waals surface area contributed by atoms with Gasteiger partial charge in [-0.1, -0.05) is 27.7 Å². The lowest BCUT2D eigenvalue weighted by Crippen LogP contribution is -2.33. The monoisotopic (exact) mass is 228 g/mol. The van der Waals surface area contributed by atoms with Crippen molar-refractivity contribution in [1.82, 2.24) is 0 Å². The average molecular weight is 228 g/mol. The smallest absolute Gasteiger partial charge is 0.413 e. The second-order valence-corrected chi connectivity index (χ2v) is 5.96. The fourth-order valence-corrected chi connectivity index (χ4v) is 1.47. The van der Waals surface area contributed by atoms with Gasteiger partial charge in [-0.05, 0) is 0 Å². The van der Waals surface area contributed by atoms with Gasteiger partial charge in [0.1, 0.15) is 0 Å². The van der Waals surface area contributed by atoms with E-state index in [0.717, 1.165) is 26.4 Å². The van der Waals surface area contributed by atoms with E-state index in [1.54, 1.807) is 0 Å². The zero-order chi connectivity index (χ0) is 12.1. The molecule has 4 nitrogen and oxygen atoms in total. The predicted octanol–water partition coefficient (Wildman–Crippen LogP) is 0.652. The summed E-state index contributed by atoms with van der Waals surface area (Å²) in [6, 6.07) is 0. The van der Waals surface area contributed by atoms with Crippen LogP contribution in [-0.4, -0.2) is 41.8 Å². The Bertz CT molecular complexity index is 171. The molecule has 0 radical (unpaired) electrons. The molecule has 0 saturated carbocycles. The topological polar surface area (TPSA) is 36.9 Å². The van der Waals surface area contributed by atoms with Crippen molar-refractivity contribution in [2.45, 2.75) is 27.7 Å². The molecular formula is C10H22B2O4. The molecule has 0 aromatic carbocycles. The van der Waals surface area contributed by atoms with Gasteiger partial charge in [-0.3, -0.25) is 0 Å². The minimum atomic E-state index is 0.234. The van der Waals surface area contributed by atoms with Gasteiger partial charge in [-0.15, -0.1) is 0 Å². The van der Waals surface area contributed by atoms with Crippen molar-refractivity contribution in [1.29, 1.82) is 0 Å². The summed E-state index contributed by atoms with van der Waals surface area (Å²) in [7, 11) is 0.951. The van der Waals surface area contributed by atoms with E-state index in [2.05, 4.69) is 27.7 Å². The summed E-state index contributed by atoms with van der Waals surface area (Å²) in [5.41, 5.74) is 0.469. The quantitative estimate of drug-likeness (QED) is 0.570. The Kier molecular flexibility index (Phi) is 5.31. The molecule has 0 aromatic rings. The first-order valence-corrected chi connectivity index (χ1v) is 5.72. The molecule has 0 N–H and O–H groups in total. The maximum atomic E-state index is 5.06. The van der Waals surface area contributed by atoms with Crippen LogP contribution in [0, 0.1) is 10.8 Å². The van der Waals surface area contributed by atoms with Gasteiger partial charge in [0.2, 0.25) is 0 Å². The van der Waals surface area contributed by atoms with E-state index >= 15 is 0 Å². The molecule has 2 saturated heterocycles. The van der Waals surface area contributed by atoms with Crippen LogP contribution in [-0.2, 0) is 18.6 Å². The summed E-state index contributed by atoms with van der Waals surface area (Å²) in [6.07, 6.45) is 0. The van der Waals surface area contributed by atoms with Crippen LogP contribution in [0.5, 0.6) is 0 Å². The Morgan fingerprint density at radius 1 is 0.625 bits per heavy atom. The Balaban J connectivity index is 0.000000160. The van der Waals surface area contributed by atoms with E-state index in [4.69, 9.17) is 18.6 Å². The van der Waals surface area contributed by atoms with Crippen LogP contribution in [0.2, 0.25) is 0 Å². The summed E-state index contributed by atoms with van der Waals surface area (Å²) in [4.78, 5) is 0. The molecule has 0 spiro atoms. The lowest BCUT2D eigenvalue weighted by molar-refractivity contribution is 0.0430. The van der Waals surface area contributed by atoms with Gasteiger partial charge < -0.3 is 18.6 Å². The van der Waals surface area contributed by atoms with Crippen molar-refractivity contribution >= 4 is 15.4 Å². The minimum absolute atomic E-state index is 0.234. The molecule has 0 amide bonds. The maximum absolute atomic E-state index is 5.06. The van der Waals surface area contributed by atoms with Crippen molar-refractivity contribution < 1.29 is 18.6 Å². The zero-order valence-electron chi connectivity index (χ0n) is 10.9. The molecule has 92 valence electrons. The summed E-state index contributed by atoms with van der Waals surface area (Å²) in [5.74, 6) is 0. The molecule has 2 rings (SSSR count). The summed E-state index contributed by atoms with van der Waals surface area (Å²) in [5, 5.41) is 0. The third kappa shape index (κ3) is 5.89. The largest absolute Gasteiger partial charge is 0.438 e. The summed E-state index contributed by atoms with van der Waals surface area (Å²) < 4.78 is 20.2. The maximum Gasteiger partial charge on any atom is 0.438 e. The Morgan fingerprint density at radius 2 is 0.875 bits per heavy atom. The molecule has 0 bridgehead atoms. The van der Waals surface area contributed by atoms with Gasteiger partial charge in [0.15, 0.2) is 0 Å². The molecule has 2 aliphatic heterocycles. The molecule has 16 heavy (non-hydrogen) atoms. The SMILES string of the molecule is CC1(C)COBOC1.CC1(C)COBOC1. The van der Waals surface area contributed by atoms with Crippen molar-refractivity contribution in [2.75, 3.05) is 26.4 Å². The molecule has 0 atom stereocenters. The second-order valence-electron chi connectivity index (χ2n) is 5.96. The highest BCUT2D eigenvalue weighted by atomic mass is 16.6. The fourth-order valence-electron chi connectivity index (χ4n) is 1.47. The van der Waals surface area contributed by atoms with Gasteiger partial charge in [0.25, 0.3) is 0 Å². The van der Waals surface area contributed by atoms with E-state index in [9.17, 15) is 0 Å². The highest BCUT2D eigenvalue weighted by Crippen LogP contribution is 2.18. The van der Waals surface area contributed by atoms with Crippen LogP contribution in [0.25, 0.3) is 0 Å². The summed E-state index contributed by atoms with van der Waals surface area (Å²) in [6.45, 7) is 11.8. The molecule has 0 unspecified atom stereocenters. The van der Waals surface area contributed by atoms with Crippen LogP contribution in [0.15, 0.2) is 0 Å². The number of hydrogen-bond donors (Lipinski definition) is 0. The van der Waals surface area contributed by atoms with Gasteiger partial charge in [0.05, 0.1) is 0 Å². The third-order valence-corrected chi connectivity index (χ3v) is 2.30. The van der Waals surface area contributed by atoms with Crippen molar-refractivity contribution in [3.63, 3.8) is 0 Å². The molecule has 6 heteroatoms. The van der Waals surface area contributed by atoms with Crippen molar-refractivity contribution in [3.8, 4) is 0 Å². The van der Waals surface area contributed by atoms with Crippen molar-refractivity contribution in [3.05, 3.63) is 0 Å². The Hall–Kier alpha value is -0.0301. The fraction of sp³-hybridized carbons (Fsp3) is 1.00. The van der Waals surface area contributed by atoms with Crippen LogP contribution < -0.4 is 0 Å². The van der Waals surface area contributed by atoms with Gasteiger partial charge in [0, 0.05) is 37.3 Å². The molecule has 2 fully saturated rings. The Morgan fingerprint density at radius 3 is 1.00 bits per heavy atom. The van der Waals surface area contributed by atoms with Crippen molar-refractivity contribution in [2.24, 2.45) is 10.8 Å². The van der Waals surface area contributed by atoms with Crippen LogP contribution in [0.3, 0.4) is 0 Å². The first-order valence-electron chi connectivity index (χ1n) is 5.72. The molecular weight excluding hydrogens is 206 g/mol. The highest BCUT2D eigenvalue weighted by molar-refractivity contribution is 6.18. The lowest BCUT2D eigenvalue weighted by Gasteiger charge is -2.28. The van der Waals surface area contributed by atoms with Crippen LogP contribution >= 0.6 is 0 Å². The minimum Gasteiger partial charge on any atom is -0.413 e. The predicted molar refractivity (Wildman–Crippen MR) is 65.7 cm³/mol. The average Bonchev–Trinajstić information content (AvgIpc) is 2.17. The number of hydrogen-bond acceptors (Lipinski definition) is 4. The van der Waals surface area contributed by atoms with Gasteiger partial charge in [-0.2, -0.15) is 0 Å². The van der Waals surface area contributed by atoms with E-state index < -0.39 is 0 Å². The van der Waals surface area contributed by atoms with Crippen LogP contribution in [0.1, 0.15) is 27.7 Å². The Labute approximate surface area is 99.6 Å². The summed E-state index contributed by atoms with van der Waals surface area (Å²) >= 11 is 0. The molecule has 2 heterocycles. The second kappa shape index (κ2) is 6.05. The third-order valence-electron chi connectivity index (χ3n) is 2.30. The lowest BCUT2D eigenvalue weighted by atomic mass is 9.94. The highest BCUT2D eigenvalue weighted by Gasteiger charge is 2.23. The van der Waals surface area contributed by atoms with Gasteiger partial charge in [-0.25, -0.2) is 0 Å². The van der Waals surface area contributed by atoms with E-state index in [0.29, 0.717) is 15.4 Å². The first-order chi connectivity index (χ1) is 7.41. The molecule has 2 aliphatic rings. The number of rotatable bonds is 0.